The first-order chi connectivity index (χ1) is 5.97. The second-order valence-corrected chi connectivity index (χ2v) is 2.58. The number of nitrogens with zero attached hydrogens (tertiary/aromatic N) is 2. The normalized spacial score (nSPS) is 17.8. The molecule has 0 bridgehead atoms. The Balaban J connectivity index is 2.08. The van der Waals surface area contributed by atoms with Crippen LogP contribution in [0.15, 0.2) is 18.3 Å². The van der Waals surface area contributed by atoms with E-state index < -0.39 is 0 Å². The van der Waals surface area contributed by atoms with E-state index in [9.17, 15) is 0 Å². The molecule has 0 aromatic carbocycles. The Hall–Kier alpha value is -0.935. The van der Waals surface area contributed by atoms with Gasteiger partial charge in [-0.15, -0.1) is 0 Å². The molecule has 62 valence electrons. The van der Waals surface area contributed by atoms with Crippen LogP contribution in [-0.4, -0.2) is 30.5 Å². The second kappa shape index (κ2) is 3.64. The van der Waals surface area contributed by atoms with E-state index >= 15 is 0 Å². The molecule has 0 saturated carbocycles. The van der Waals surface area contributed by atoms with Crippen molar-refractivity contribution in [1.29, 1.82) is 0 Å². The van der Waals surface area contributed by atoms with Crippen LogP contribution < -0.4 is 5.59 Å². The van der Waals surface area contributed by atoms with Crippen molar-refractivity contribution in [2.24, 2.45) is 0 Å². The number of aromatic nitrogens is 2. The quantitative estimate of drug-likeness (QED) is 0.530. The summed E-state index contributed by atoms with van der Waals surface area (Å²) in [5.41, 5.74) is 0.747. The lowest BCUT2D eigenvalue weighted by molar-refractivity contribution is 0.142. The topological polar surface area (TPSA) is 44.2 Å². The van der Waals surface area contributed by atoms with E-state index in [-0.39, 0.29) is 7.12 Å². The number of hydrogen-bond acceptors (Lipinski definition) is 4. The second-order valence-electron chi connectivity index (χ2n) is 2.58. The van der Waals surface area contributed by atoms with Crippen molar-refractivity contribution in [3.8, 4) is 0 Å². The molecule has 2 heterocycles. The first-order valence-electron chi connectivity index (χ1n) is 3.97. The predicted molar refractivity (Wildman–Crippen MR) is 43.9 cm³/mol. The van der Waals surface area contributed by atoms with Crippen molar-refractivity contribution >= 4 is 12.7 Å². The lowest BCUT2D eigenvalue weighted by Crippen LogP contribution is -2.42. The summed E-state index contributed by atoms with van der Waals surface area (Å²) in [5.74, 6) is 0. The van der Waals surface area contributed by atoms with Gasteiger partial charge in [-0.1, -0.05) is 0 Å². The Morgan fingerprint density at radius 3 is 2.83 bits per heavy atom. The van der Waals surface area contributed by atoms with Crippen LogP contribution in [0.5, 0.6) is 0 Å². The standard InChI is InChI=1S/C7H9BN2O2/c1-3-7(10-9-4-1)8-11-5-2-6-12-8/h1,3-4H,2,5-6H2. The van der Waals surface area contributed by atoms with Crippen LogP contribution in [-0.2, 0) is 9.31 Å². The summed E-state index contributed by atoms with van der Waals surface area (Å²) >= 11 is 0. The molecule has 1 aromatic heterocycles. The highest BCUT2D eigenvalue weighted by Gasteiger charge is 2.25. The highest BCUT2D eigenvalue weighted by atomic mass is 16.6. The molecule has 5 heteroatoms. The lowest BCUT2D eigenvalue weighted by atomic mass is 9.83. The van der Waals surface area contributed by atoms with Gasteiger partial charge in [-0.3, -0.25) is 0 Å². The summed E-state index contributed by atoms with van der Waals surface area (Å²) in [6.45, 7) is 1.47. The zero-order valence-corrected chi connectivity index (χ0v) is 6.64. The smallest absolute Gasteiger partial charge is 0.406 e. The molecule has 12 heavy (non-hydrogen) atoms. The van der Waals surface area contributed by atoms with Gasteiger partial charge in [-0.25, -0.2) is 0 Å². The summed E-state index contributed by atoms with van der Waals surface area (Å²) in [6, 6.07) is 3.67. The SMILES string of the molecule is c1cnnc(B2OCCCO2)c1. The van der Waals surface area contributed by atoms with Gasteiger partial charge in [0.05, 0.1) is 5.59 Å². The first-order valence-corrected chi connectivity index (χ1v) is 3.97. The summed E-state index contributed by atoms with van der Waals surface area (Å²) in [6.07, 6.45) is 2.59. The van der Waals surface area contributed by atoms with Crippen molar-refractivity contribution in [3.63, 3.8) is 0 Å². The van der Waals surface area contributed by atoms with Gasteiger partial charge in [0, 0.05) is 19.4 Å². The van der Waals surface area contributed by atoms with E-state index in [0.29, 0.717) is 0 Å². The molecule has 2 rings (SSSR count). The number of rotatable bonds is 1. The molecule has 0 spiro atoms. The molecule has 0 unspecified atom stereocenters. The highest BCUT2D eigenvalue weighted by Crippen LogP contribution is 1.99. The zero-order valence-electron chi connectivity index (χ0n) is 6.64. The van der Waals surface area contributed by atoms with Gasteiger partial charge in [-0.2, -0.15) is 10.2 Å². The van der Waals surface area contributed by atoms with E-state index in [0.717, 1.165) is 25.2 Å². The van der Waals surface area contributed by atoms with Crippen LogP contribution in [0.4, 0.5) is 0 Å². The maximum absolute atomic E-state index is 5.34. The van der Waals surface area contributed by atoms with Crippen LogP contribution in [0.25, 0.3) is 0 Å². The predicted octanol–water partition coefficient (Wildman–Crippen LogP) is -0.391. The monoisotopic (exact) mass is 164 g/mol. The first kappa shape index (κ1) is 7.70. The fourth-order valence-electron chi connectivity index (χ4n) is 1.10. The van der Waals surface area contributed by atoms with E-state index in [2.05, 4.69) is 10.2 Å². The Labute approximate surface area is 71.0 Å². The molecular formula is C7H9BN2O2. The molecular weight excluding hydrogens is 155 g/mol. The van der Waals surface area contributed by atoms with Gasteiger partial charge in [0.15, 0.2) is 0 Å². The Morgan fingerprint density at radius 1 is 1.33 bits per heavy atom. The average molecular weight is 164 g/mol. The maximum Gasteiger partial charge on any atom is 0.515 e. The molecule has 0 amide bonds. The third-order valence-corrected chi connectivity index (χ3v) is 1.66. The summed E-state index contributed by atoms with van der Waals surface area (Å²) in [4.78, 5) is 0. The Kier molecular flexibility index (Phi) is 2.34. The van der Waals surface area contributed by atoms with Gasteiger partial charge < -0.3 is 9.31 Å². The summed E-state index contributed by atoms with van der Waals surface area (Å²) in [5, 5.41) is 7.65. The molecule has 1 aliphatic rings. The van der Waals surface area contributed by atoms with E-state index in [4.69, 9.17) is 9.31 Å². The van der Waals surface area contributed by atoms with Crippen molar-refractivity contribution in [2.45, 2.75) is 6.42 Å². The molecule has 4 nitrogen and oxygen atoms in total. The third kappa shape index (κ3) is 1.62. The molecule has 0 aliphatic carbocycles. The van der Waals surface area contributed by atoms with Gasteiger partial charge in [0.25, 0.3) is 0 Å². The fourth-order valence-corrected chi connectivity index (χ4v) is 1.10. The Bertz CT molecular complexity index is 238. The molecule has 0 atom stereocenters. The Morgan fingerprint density at radius 2 is 2.17 bits per heavy atom. The van der Waals surface area contributed by atoms with Crippen LogP contribution in [0.1, 0.15) is 6.42 Å². The zero-order chi connectivity index (χ0) is 8.23. The molecule has 1 saturated heterocycles. The van der Waals surface area contributed by atoms with Gasteiger partial charge in [0.2, 0.25) is 0 Å². The van der Waals surface area contributed by atoms with E-state index in [1.807, 2.05) is 12.1 Å². The average Bonchev–Trinajstić information content (AvgIpc) is 2.21. The highest BCUT2D eigenvalue weighted by molar-refractivity contribution is 6.60. The minimum atomic E-state index is -0.313. The van der Waals surface area contributed by atoms with Crippen molar-refractivity contribution in [2.75, 3.05) is 13.2 Å². The largest absolute Gasteiger partial charge is 0.515 e. The van der Waals surface area contributed by atoms with Crippen molar-refractivity contribution in [1.82, 2.24) is 10.2 Å². The van der Waals surface area contributed by atoms with Crippen molar-refractivity contribution in [3.05, 3.63) is 18.3 Å². The van der Waals surface area contributed by atoms with Crippen molar-refractivity contribution < 1.29 is 9.31 Å². The van der Waals surface area contributed by atoms with Crippen LogP contribution in [0, 0.1) is 0 Å². The molecule has 0 N–H and O–H groups in total. The fraction of sp³-hybridized carbons (Fsp3) is 0.429. The van der Waals surface area contributed by atoms with Gasteiger partial charge in [0.1, 0.15) is 0 Å². The molecule has 1 fully saturated rings. The van der Waals surface area contributed by atoms with Gasteiger partial charge in [-0.05, 0) is 18.6 Å². The summed E-state index contributed by atoms with van der Waals surface area (Å²) in [7, 11) is -0.313. The molecule has 1 aliphatic heterocycles. The minimum Gasteiger partial charge on any atom is -0.406 e. The van der Waals surface area contributed by atoms with E-state index in [1.165, 1.54) is 0 Å². The van der Waals surface area contributed by atoms with Crippen LogP contribution in [0.3, 0.4) is 0 Å². The minimum absolute atomic E-state index is 0.313. The molecule has 0 radical (unpaired) electrons. The van der Waals surface area contributed by atoms with Gasteiger partial charge >= 0.3 is 7.12 Å². The lowest BCUT2D eigenvalue weighted by Gasteiger charge is -2.18. The van der Waals surface area contributed by atoms with Crippen LogP contribution >= 0.6 is 0 Å². The van der Waals surface area contributed by atoms with Crippen LogP contribution in [0.2, 0.25) is 0 Å². The third-order valence-electron chi connectivity index (χ3n) is 1.66. The number of hydrogen-bond donors (Lipinski definition) is 0. The summed E-state index contributed by atoms with van der Waals surface area (Å²) < 4.78 is 10.7. The molecule has 1 aromatic rings. The van der Waals surface area contributed by atoms with E-state index in [1.54, 1.807) is 6.20 Å². The maximum atomic E-state index is 5.34.